The van der Waals surface area contributed by atoms with Gasteiger partial charge < -0.3 is 10.0 Å². The van der Waals surface area contributed by atoms with Crippen LogP contribution in [0, 0.1) is 0 Å². The summed E-state index contributed by atoms with van der Waals surface area (Å²) in [5, 5.41) is 8.97. The summed E-state index contributed by atoms with van der Waals surface area (Å²) in [6, 6.07) is 9.39. The summed E-state index contributed by atoms with van der Waals surface area (Å²) in [5.74, 6) is -1.47. The molecule has 0 aliphatic carbocycles. The zero-order valence-corrected chi connectivity index (χ0v) is 14.2. The number of carboxylic acid groups (broad SMARTS) is 1. The van der Waals surface area contributed by atoms with Crippen molar-refractivity contribution < 1.29 is 27.9 Å². The van der Waals surface area contributed by atoms with Crippen LogP contribution in [-0.4, -0.2) is 40.0 Å². The minimum absolute atomic E-state index is 0.0721. The van der Waals surface area contributed by atoms with E-state index in [2.05, 4.69) is 4.98 Å². The van der Waals surface area contributed by atoms with Crippen molar-refractivity contribution in [1.29, 1.82) is 0 Å². The largest absolute Gasteiger partial charge is 0.477 e. The Morgan fingerprint density at radius 3 is 2.15 bits per heavy atom. The van der Waals surface area contributed by atoms with Crippen LogP contribution in [0.25, 0.3) is 0 Å². The number of hydrogen-bond donors (Lipinski definition) is 1. The molecule has 27 heavy (non-hydrogen) atoms. The van der Waals surface area contributed by atoms with Crippen molar-refractivity contribution in [1.82, 2.24) is 9.88 Å². The fraction of sp³-hybridized carbons (Fsp3) is 0.316. The summed E-state index contributed by atoms with van der Waals surface area (Å²) in [5.41, 5.74) is 0.0210. The van der Waals surface area contributed by atoms with E-state index in [0.717, 1.165) is 17.7 Å². The number of aromatic carboxylic acids is 1. The van der Waals surface area contributed by atoms with E-state index in [9.17, 15) is 22.8 Å². The van der Waals surface area contributed by atoms with Crippen LogP contribution in [-0.2, 0) is 6.18 Å². The first-order valence-corrected chi connectivity index (χ1v) is 8.42. The van der Waals surface area contributed by atoms with Gasteiger partial charge in [-0.1, -0.05) is 18.2 Å². The first-order chi connectivity index (χ1) is 12.8. The van der Waals surface area contributed by atoms with Gasteiger partial charge in [-0.05, 0) is 48.6 Å². The molecule has 2 aromatic rings. The van der Waals surface area contributed by atoms with Gasteiger partial charge in [-0.2, -0.15) is 13.2 Å². The third kappa shape index (κ3) is 4.27. The maximum atomic E-state index is 12.7. The Kier molecular flexibility index (Phi) is 5.16. The lowest BCUT2D eigenvalue weighted by molar-refractivity contribution is -0.137. The number of pyridine rings is 1. The second-order valence-corrected chi connectivity index (χ2v) is 6.40. The number of carbonyl (C=O) groups excluding carboxylic acids is 1. The van der Waals surface area contributed by atoms with Crippen LogP contribution < -0.4 is 0 Å². The molecular weight excluding hydrogens is 361 g/mol. The Morgan fingerprint density at radius 1 is 1.00 bits per heavy atom. The van der Waals surface area contributed by atoms with Crippen molar-refractivity contribution in [3.8, 4) is 0 Å². The molecule has 0 bridgehead atoms. The van der Waals surface area contributed by atoms with Gasteiger partial charge in [-0.15, -0.1) is 0 Å². The van der Waals surface area contributed by atoms with Gasteiger partial charge in [0, 0.05) is 13.1 Å². The van der Waals surface area contributed by atoms with Crippen molar-refractivity contribution in [3.05, 3.63) is 65.0 Å². The number of carboxylic acids is 1. The third-order valence-electron chi connectivity index (χ3n) is 4.68. The Labute approximate surface area is 153 Å². The highest BCUT2D eigenvalue weighted by atomic mass is 19.4. The molecule has 0 radical (unpaired) electrons. The number of aromatic nitrogens is 1. The van der Waals surface area contributed by atoms with Crippen LogP contribution in [0.5, 0.6) is 0 Å². The molecule has 1 saturated heterocycles. The number of nitrogens with zero attached hydrogens (tertiary/aromatic N) is 2. The highest BCUT2D eigenvalue weighted by Crippen LogP contribution is 2.33. The standard InChI is InChI=1S/C19H17F3N2O3/c20-19(21,22)14-6-4-12(5-7-14)13-8-10-24(11-9-13)17(25)15-2-1-3-16(23-15)18(26)27/h1-7,13H,8-11H2,(H,26,27). The highest BCUT2D eigenvalue weighted by molar-refractivity contribution is 5.94. The fourth-order valence-electron chi connectivity index (χ4n) is 3.20. The number of likely N-dealkylation sites (tertiary alicyclic amines) is 1. The summed E-state index contributed by atoms with van der Waals surface area (Å²) in [6.07, 6.45) is -3.11. The van der Waals surface area contributed by atoms with Crippen molar-refractivity contribution in [2.45, 2.75) is 24.9 Å². The molecule has 1 fully saturated rings. The normalized spacial score (nSPS) is 15.6. The lowest BCUT2D eigenvalue weighted by atomic mass is 9.89. The van der Waals surface area contributed by atoms with Gasteiger partial charge in [0.05, 0.1) is 5.56 Å². The molecule has 142 valence electrons. The van der Waals surface area contributed by atoms with Crippen LogP contribution in [0.3, 0.4) is 0 Å². The molecule has 1 N–H and O–H groups in total. The van der Waals surface area contributed by atoms with Crippen molar-refractivity contribution in [2.24, 2.45) is 0 Å². The summed E-state index contributed by atoms with van der Waals surface area (Å²) in [4.78, 5) is 29.0. The molecular formula is C19H17F3N2O3. The van der Waals surface area contributed by atoms with Crippen molar-refractivity contribution in [3.63, 3.8) is 0 Å². The molecule has 1 aromatic heterocycles. The first kappa shape index (κ1) is 18.9. The first-order valence-electron chi connectivity index (χ1n) is 8.42. The molecule has 0 atom stereocenters. The van der Waals surface area contributed by atoms with Crippen LogP contribution in [0.4, 0.5) is 13.2 Å². The predicted octanol–water partition coefficient (Wildman–Crippen LogP) is 3.82. The fourth-order valence-corrected chi connectivity index (χ4v) is 3.20. The van der Waals surface area contributed by atoms with Gasteiger partial charge in [0.2, 0.25) is 0 Å². The molecule has 1 aromatic carbocycles. The summed E-state index contributed by atoms with van der Waals surface area (Å²) < 4.78 is 38.0. The Morgan fingerprint density at radius 2 is 1.59 bits per heavy atom. The molecule has 3 rings (SSSR count). The predicted molar refractivity (Wildman–Crippen MR) is 90.5 cm³/mol. The van der Waals surface area contributed by atoms with E-state index in [1.54, 1.807) is 4.90 Å². The maximum absolute atomic E-state index is 12.7. The minimum Gasteiger partial charge on any atom is -0.477 e. The van der Waals surface area contributed by atoms with Crippen LogP contribution in [0.1, 0.15) is 50.9 Å². The number of alkyl halides is 3. The molecule has 5 nitrogen and oxygen atoms in total. The molecule has 0 saturated carbocycles. The Hall–Kier alpha value is -2.90. The second-order valence-electron chi connectivity index (χ2n) is 6.40. The Bertz CT molecular complexity index is 842. The third-order valence-corrected chi connectivity index (χ3v) is 4.68. The Balaban J connectivity index is 1.64. The van der Waals surface area contributed by atoms with Gasteiger partial charge in [0.1, 0.15) is 11.4 Å². The molecule has 1 aliphatic rings. The van der Waals surface area contributed by atoms with Crippen LogP contribution in [0.15, 0.2) is 42.5 Å². The van der Waals surface area contributed by atoms with E-state index >= 15 is 0 Å². The van der Waals surface area contributed by atoms with Gasteiger partial charge >= 0.3 is 12.1 Å². The van der Waals surface area contributed by atoms with E-state index in [4.69, 9.17) is 5.11 Å². The van der Waals surface area contributed by atoms with Gasteiger partial charge in [-0.25, -0.2) is 9.78 Å². The summed E-state index contributed by atoms with van der Waals surface area (Å²) in [6.45, 7) is 0.868. The number of halogens is 3. The monoisotopic (exact) mass is 378 g/mol. The number of benzene rings is 1. The zero-order chi connectivity index (χ0) is 19.6. The van der Waals surface area contributed by atoms with Gasteiger partial charge in [0.15, 0.2) is 0 Å². The minimum atomic E-state index is -4.36. The molecule has 8 heteroatoms. The van der Waals surface area contributed by atoms with E-state index in [1.165, 1.54) is 30.3 Å². The van der Waals surface area contributed by atoms with Crippen LogP contribution in [0.2, 0.25) is 0 Å². The second kappa shape index (κ2) is 7.38. The smallest absolute Gasteiger partial charge is 0.416 e. The quantitative estimate of drug-likeness (QED) is 0.882. The lowest BCUT2D eigenvalue weighted by Gasteiger charge is -2.32. The number of rotatable bonds is 3. The number of hydrogen-bond acceptors (Lipinski definition) is 3. The summed E-state index contributed by atoms with van der Waals surface area (Å²) in [7, 11) is 0. The van der Waals surface area contributed by atoms with E-state index in [1.807, 2.05) is 0 Å². The van der Waals surface area contributed by atoms with Crippen molar-refractivity contribution in [2.75, 3.05) is 13.1 Å². The summed E-state index contributed by atoms with van der Waals surface area (Å²) >= 11 is 0. The number of piperidine rings is 1. The SMILES string of the molecule is O=C(O)c1cccc(C(=O)N2CCC(c3ccc(C(F)(F)F)cc3)CC2)n1. The van der Waals surface area contributed by atoms with E-state index < -0.39 is 17.7 Å². The number of carbonyl (C=O) groups is 2. The molecule has 0 unspecified atom stereocenters. The average molecular weight is 378 g/mol. The van der Waals surface area contributed by atoms with Crippen molar-refractivity contribution >= 4 is 11.9 Å². The van der Waals surface area contributed by atoms with E-state index in [-0.39, 0.29) is 23.2 Å². The van der Waals surface area contributed by atoms with Crippen LogP contribution >= 0.6 is 0 Å². The molecule has 2 heterocycles. The topological polar surface area (TPSA) is 70.5 Å². The van der Waals surface area contributed by atoms with Gasteiger partial charge in [-0.3, -0.25) is 4.79 Å². The van der Waals surface area contributed by atoms with E-state index in [0.29, 0.717) is 25.9 Å². The average Bonchev–Trinajstić information content (AvgIpc) is 2.67. The molecule has 1 aliphatic heterocycles. The lowest BCUT2D eigenvalue weighted by Crippen LogP contribution is -2.38. The highest BCUT2D eigenvalue weighted by Gasteiger charge is 2.31. The molecule has 0 spiro atoms. The zero-order valence-electron chi connectivity index (χ0n) is 14.2. The number of amides is 1. The molecule has 1 amide bonds. The van der Waals surface area contributed by atoms with Gasteiger partial charge in [0.25, 0.3) is 5.91 Å². The maximum Gasteiger partial charge on any atom is 0.416 e.